The lowest BCUT2D eigenvalue weighted by atomic mass is 9.99. The van der Waals surface area contributed by atoms with E-state index in [9.17, 15) is 9.59 Å². The summed E-state index contributed by atoms with van der Waals surface area (Å²) in [5, 5.41) is 9.14. The third kappa shape index (κ3) is 2.69. The van der Waals surface area contributed by atoms with Crippen molar-refractivity contribution in [1.82, 2.24) is 4.98 Å². The molecule has 0 spiro atoms. The molecule has 0 saturated heterocycles. The van der Waals surface area contributed by atoms with Gasteiger partial charge in [-0.15, -0.1) is 0 Å². The molecule has 0 aliphatic carbocycles. The zero-order chi connectivity index (χ0) is 15.4. The minimum atomic E-state index is -1.21. The second kappa shape index (κ2) is 6.04. The van der Waals surface area contributed by atoms with Gasteiger partial charge in [-0.1, -0.05) is 6.07 Å². The average Bonchev–Trinajstić information content (AvgIpc) is 2.53. The van der Waals surface area contributed by atoms with Crippen molar-refractivity contribution in [2.45, 2.75) is 0 Å². The van der Waals surface area contributed by atoms with Gasteiger partial charge in [-0.3, -0.25) is 9.78 Å². The fraction of sp³-hybridized carbons (Fsp3) is 0.133. The molecule has 6 heteroatoms. The first-order chi connectivity index (χ1) is 10.1. The van der Waals surface area contributed by atoms with Crippen LogP contribution in [0.15, 0.2) is 36.7 Å². The maximum absolute atomic E-state index is 12.6. The van der Waals surface area contributed by atoms with Crippen molar-refractivity contribution in [1.29, 1.82) is 0 Å². The summed E-state index contributed by atoms with van der Waals surface area (Å²) >= 11 is 0. The number of ether oxygens (including phenoxy) is 2. The van der Waals surface area contributed by atoms with E-state index >= 15 is 0 Å². The number of hydrogen-bond donors (Lipinski definition) is 1. The van der Waals surface area contributed by atoms with Crippen molar-refractivity contribution in [2.24, 2.45) is 0 Å². The highest BCUT2D eigenvalue weighted by atomic mass is 16.5. The molecule has 0 atom stereocenters. The second-order valence-electron chi connectivity index (χ2n) is 4.10. The third-order valence-corrected chi connectivity index (χ3v) is 2.94. The van der Waals surface area contributed by atoms with Crippen LogP contribution in [0, 0.1) is 0 Å². The number of benzene rings is 1. The van der Waals surface area contributed by atoms with E-state index in [1.54, 1.807) is 18.2 Å². The summed E-state index contributed by atoms with van der Waals surface area (Å²) in [6.45, 7) is 0. The molecule has 0 radical (unpaired) electrons. The highest BCUT2D eigenvalue weighted by Crippen LogP contribution is 2.32. The number of ketones is 1. The number of pyridine rings is 1. The fourth-order valence-electron chi connectivity index (χ4n) is 1.97. The quantitative estimate of drug-likeness (QED) is 0.847. The summed E-state index contributed by atoms with van der Waals surface area (Å²) < 4.78 is 10.3. The molecule has 1 aromatic carbocycles. The Morgan fingerprint density at radius 3 is 2.43 bits per heavy atom. The molecule has 0 fully saturated rings. The number of hydrogen-bond acceptors (Lipinski definition) is 5. The van der Waals surface area contributed by atoms with E-state index in [0.29, 0.717) is 5.75 Å². The van der Waals surface area contributed by atoms with Crippen LogP contribution < -0.4 is 9.47 Å². The zero-order valence-corrected chi connectivity index (χ0v) is 11.5. The maximum Gasteiger partial charge on any atom is 0.338 e. The Balaban J connectivity index is 2.58. The summed E-state index contributed by atoms with van der Waals surface area (Å²) in [7, 11) is 2.88. The Hall–Kier alpha value is -2.89. The van der Waals surface area contributed by atoms with E-state index in [-0.39, 0.29) is 22.4 Å². The molecular formula is C15H13NO5. The van der Waals surface area contributed by atoms with Gasteiger partial charge in [0.25, 0.3) is 0 Å². The van der Waals surface area contributed by atoms with E-state index in [1.165, 1.54) is 26.5 Å². The van der Waals surface area contributed by atoms with E-state index in [4.69, 9.17) is 14.6 Å². The molecule has 0 saturated carbocycles. The van der Waals surface area contributed by atoms with Gasteiger partial charge in [0.15, 0.2) is 17.3 Å². The molecule has 0 unspecified atom stereocenters. The SMILES string of the molecule is COc1cccc(C(=O)c2ccncc2C(=O)O)c1OC. The lowest BCUT2D eigenvalue weighted by Gasteiger charge is -2.12. The van der Waals surface area contributed by atoms with Crippen molar-refractivity contribution in [3.8, 4) is 11.5 Å². The van der Waals surface area contributed by atoms with Gasteiger partial charge in [0.2, 0.25) is 0 Å². The van der Waals surface area contributed by atoms with Gasteiger partial charge in [-0.2, -0.15) is 0 Å². The van der Waals surface area contributed by atoms with E-state index in [2.05, 4.69) is 4.98 Å². The zero-order valence-electron chi connectivity index (χ0n) is 11.5. The van der Waals surface area contributed by atoms with Crippen molar-refractivity contribution in [3.05, 3.63) is 53.3 Å². The highest BCUT2D eigenvalue weighted by Gasteiger charge is 2.22. The molecule has 108 valence electrons. The summed E-state index contributed by atoms with van der Waals surface area (Å²) in [5.74, 6) is -1.02. The maximum atomic E-state index is 12.6. The predicted octanol–water partition coefficient (Wildman–Crippen LogP) is 2.03. The Morgan fingerprint density at radius 1 is 1.05 bits per heavy atom. The van der Waals surface area contributed by atoms with Crippen LogP contribution in [0.25, 0.3) is 0 Å². The Kier molecular flexibility index (Phi) is 4.18. The lowest BCUT2D eigenvalue weighted by Crippen LogP contribution is -2.11. The van der Waals surface area contributed by atoms with Crippen molar-refractivity contribution >= 4 is 11.8 Å². The van der Waals surface area contributed by atoms with E-state index in [1.807, 2.05) is 0 Å². The van der Waals surface area contributed by atoms with Crippen molar-refractivity contribution < 1.29 is 24.2 Å². The average molecular weight is 287 g/mol. The van der Waals surface area contributed by atoms with Crippen molar-refractivity contribution in [2.75, 3.05) is 14.2 Å². The van der Waals surface area contributed by atoms with Gasteiger partial charge in [-0.05, 0) is 18.2 Å². The van der Waals surface area contributed by atoms with Crippen LogP contribution in [-0.4, -0.2) is 36.1 Å². The molecule has 0 aliphatic rings. The van der Waals surface area contributed by atoms with Gasteiger partial charge in [0.05, 0.1) is 25.3 Å². The molecular weight excluding hydrogens is 274 g/mol. The van der Waals surface area contributed by atoms with Gasteiger partial charge in [0.1, 0.15) is 0 Å². The molecule has 1 aromatic heterocycles. The summed E-state index contributed by atoms with van der Waals surface area (Å²) in [5.41, 5.74) is 0.113. The standard InChI is InChI=1S/C15H13NO5/c1-20-12-5-3-4-10(14(12)21-2)13(17)9-6-7-16-8-11(9)15(18)19/h3-8H,1-2H3,(H,18,19). The summed E-state index contributed by atoms with van der Waals surface area (Å²) in [4.78, 5) is 27.5. The smallest absolute Gasteiger partial charge is 0.338 e. The lowest BCUT2D eigenvalue weighted by molar-refractivity contribution is 0.0692. The van der Waals surface area contributed by atoms with Crippen LogP contribution in [0.3, 0.4) is 0 Å². The monoisotopic (exact) mass is 287 g/mol. The summed E-state index contributed by atoms with van der Waals surface area (Å²) in [6, 6.07) is 6.21. The van der Waals surface area contributed by atoms with E-state index in [0.717, 1.165) is 6.20 Å². The van der Waals surface area contributed by atoms with Gasteiger partial charge < -0.3 is 14.6 Å². The molecule has 0 amide bonds. The number of nitrogens with zero attached hydrogens (tertiary/aromatic N) is 1. The molecule has 2 rings (SSSR count). The number of para-hydroxylation sites is 1. The normalized spacial score (nSPS) is 10.0. The van der Waals surface area contributed by atoms with Crippen LogP contribution in [-0.2, 0) is 0 Å². The van der Waals surface area contributed by atoms with Crippen LogP contribution in [0.2, 0.25) is 0 Å². The number of rotatable bonds is 5. The number of aromatic nitrogens is 1. The van der Waals surface area contributed by atoms with Gasteiger partial charge in [-0.25, -0.2) is 4.79 Å². The summed E-state index contributed by atoms with van der Waals surface area (Å²) in [6.07, 6.45) is 2.51. The van der Waals surface area contributed by atoms with Gasteiger partial charge in [0, 0.05) is 18.0 Å². The Labute approximate surface area is 121 Å². The molecule has 0 aliphatic heterocycles. The number of aromatic carboxylic acids is 1. The van der Waals surface area contributed by atoms with Crippen LogP contribution in [0.4, 0.5) is 0 Å². The number of carboxylic acid groups (broad SMARTS) is 1. The van der Waals surface area contributed by atoms with Gasteiger partial charge >= 0.3 is 5.97 Å². The Bertz CT molecular complexity index is 696. The first kappa shape index (κ1) is 14.5. The second-order valence-corrected chi connectivity index (χ2v) is 4.10. The number of methoxy groups -OCH3 is 2. The van der Waals surface area contributed by atoms with Crippen LogP contribution in [0.5, 0.6) is 11.5 Å². The molecule has 6 nitrogen and oxygen atoms in total. The first-order valence-electron chi connectivity index (χ1n) is 6.03. The predicted molar refractivity (Wildman–Crippen MR) is 74.2 cm³/mol. The van der Waals surface area contributed by atoms with Crippen LogP contribution >= 0.6 is 0 Å². The van der Waals surface area contributed by atoms with E-state index < -0.39 is 11.8 Å². The largest absolute Gasteiger partial charge is 0.493 e. The number of carbonyl (C=O) groups excluding carboxylic acids is 1. The van der Waals surface area contributed by atoms with Crippen molar-refractivity contribution in [3.63, 3.8) is 0 Å². The fourth-order valence-corrected chi connectivity index (χ4v) is 1.97. The van der Waals surface area contributed by atoms with Crippen LogP contribution in [0.1, 0.15) is 26.3 Å². The Morgan fingerprint density at radius 2 is 1.81 bits per heavy atom. The first-order valence-corrected chi connectivity index (χ1v) is 6.03. The number of carboxylic acids is 1. The molecule has 0 bridgehead atoms. The highest BCUT2D eigenvalue weighted by molar-refractivity contribution is 6.15. The molecule has 21 heavy (non-hydrogen) atoms. The topological polar surface area (TPSA) is 85.7 Å². The number of carbonyl (C=O) groups is 2. The molecule has 1 N–H and O–H groups in total. The minimum absolute atomic E-state index is 0.0454. The molecule has 1 heterocycles. The minimum Gasteiger partial charge on any atom is -0.493 e. The molecule has 2 aromatic rings. The third-order valence-electron chi connectivity index (χ3n) is 2.94.